The lowest BCUT2D eigenvalue weighted by atomic mass is 9.85. The Hall–Kier alpha value is -3.60. The molecular weight excluding hydrogens is 448 g/mol. The third-order valence-electron chi connectivity index (χ3n) is 7.12. The Morgan fingerprint density at radius 2 is 1.72 bits per heavy atom. The summed E-state index contributed by atoms with van der Waals surface area (Å²) in [7, 11) is 3.37. The summed E-state index contributed by atoms with van der Waals surface area (Å²) in [5.74, 6) is 1.81. The van der Waals surface area contributed by atoms with Gasteiger partial charge in [-0.2, -0.15) is 0 Å². The van der Waals surface area contributed by atoms with E-state index < -0.39 is 0 Å². The van der Waals surface area contributed by atoms with Crippen molar-refractivity contribution in [2.24, 2.45) is 5.92 Å². The minimum Gasteiger partial charge on any atom is -0.497 e. The quantitative estimate of drug-likeness (QED) is 0.345. The van der Waals surface area contributed by atoms with Gasteiger partial charge in [0.05, 0.1) is 14.2 Å². The topological polar surface area (TPSA) is 60.5 Å². The monoisotopic (exact) mass is 484 g/mol. The molecule has 1 atom stereocenters. The van der Waals surface area contributed by atoms with Crippen molar-refractivity contribution in [3.8, 4) is 11.5 Å². The van der Waals surface area contributed by atoms with Gasteiger partial charge in [-0.25, -0.2) is 0 Å². The molecule has 3 aromatic rings. The Labute approximate surface area is 214 Å². The number of aromatic nitrogens is 1. The molecule has 2 aromatic carbocycles. The van der Waals surface area contributed by atoms with E-state index >= 15 is 0 Å². The van der Waals surface area contributed by atoms with Crippen LogP contribution in [0.2, 0.25) is 0 Å². The van der Waals surface area contributed by atoms with Crippen LogP contribution in [0.1, 0.15) is 49.8 Å². The average molecular weight is 485 g/mol. The van der Waals surface area contributed by atoms with Gasteiger partial charge in [-0.3, -0.25) is 9.78 Å². The molecule has 1 amide bonds. The van der Waals surface area contributed by atoms with Crippen molar-refractivity contribution >= 4 is 5.91 Å². The highest BCUT2D eigenvalue weighted by molar-refractivity contribution is 5.88. The van der Waals surface area contributed by atoms with E-state index in [1.807, 2.05) is 36.5 Å². The van der Waals surface area contributed by atoms with Crippen LogP contribution >= 0.6 is 0 Å². The third-order valence-corrected chi connectivity index (χ3v) is 7.12. The van der Waals surface area contributed by atoms with Crippen molar-refractivity contribution in [3.05, 3.63) is 102 Å². The van der Waals surface area contributed by atoms with E-state index in [1.54, 1.807) is 26.5 Å². The van der Waals surface area contributed by atoms with Gasteiger partial charge in [0.1, 0.15) is 11.5 Å². The summed E-state index contributed by atoms with van der Waals surface area (Å²) in [5.41, 5.74) is 3.09. The first kappa shape index (κ1) is 25.5. The van der Waals surface area contributed by atoms with Crippen molar-refractivity contribution in [3.63, 3.8) is 0 Å². The zero-order valence-corrected chi connectivity index (χ0v) is 21.7. The van der Waals surface area contributed by atoms with E-state index in [0.717, 1.165) is 37.2 Å². The van der Waals surface area contributed by atoms with Crippen molar-refractivity contribution in [2.45, 2.75) is 50.5 Å². The average Bonchev–Trinajstić information content (AvgIpc) is 3.63. The largest absolute Gasteiger partial charge is 0.497 e. The van der Waals surface area contributed by atoms with Crippen LogP contribution in [-0.4, -0.2) is 30.6 Å². The molecule has 0 bridgehead atoms. The maximum atomic E-state index is 12.9. The van der Waals surface area contributed by atoms with E-state index in [9.17, 15) is 4.79 Å². The molecule has 36 heavy (non-hydrogen) atoms. The molecule has 5 nitrogen and oxygen atoms in total. The SMILES string of the molecule is COc1cccc(C2(c3cccc(OC)c3)C[C@H]2C=CC(=O)NC(C)(C)CCCc2cccnc2)c1. The number of pyridine rings is 1. The van der Waals surface area contributed by atoms with Crippen LogP contribution in [0.4, 0.5) is 0 Å². The van der Waals surface area contributed by atoms with Gasteiger partial charge >= 0.3 is 0 Å². The van der Waals surface area contributed by atoms with Crippen LogP contribution < -0.4 is 14.8 Å². The lowest BCUT2D eigenvalue weighted by molar-refractivity contribution is -0.118. The van der Waals surface area contributed by atoms with Crippen molar-refractivity contribution in [2.75, 3.05) is 14.2 Å². The Morgan fingerprint density at radius 3 is 2.31 bits per heavy atom. The molecule has 188 valence electrons. The number of hydrogen-bond acceptors (Lipinski definition) is 4. The molecule has 0 aliphatic heterocycles. The molecule has 0 radical (unpaired) electrons. The third kappa shape index (κ3) is 5.96. The lowest BCUT2D eigenvalue weighted by Gasteiger charge is -2.25. The minimum atomic E-state index is -0.288. The van der Waals surface area contributed by atoms with Gasteiger partial charge in [0.25, 0.3) is 0 Å². The van der Waals surface area contributed by atoms with Gasteiger partial charge in [-0.1, -0.05) is 36.4 Å². The zero-order chi connectivity index (χ0) is 25.6. The zero-order valence-electron chi connectivity index (χ0n) is 21.7. The molecule has 1 aliphatic carbocycles. The molecule has 4 rings (SSSR count). The number of methoxy groups -OCH3 is 2. The fraction of sp³-hybridized carbons (Fsp3) is 0.355. The summed E-state index contributed by atoms with van der Waals surface area (Å²) < 4.78 is 11.0. The number of benzene rings is 2. The van der Waals surface area contributed by atoms with Gasteiger partial charge in [0, 0.05) is 23.3 Å². The van der Waals surface area contributed by atoms with E-state index in [2.05, 4.69) is 60.6 Å². The van der Waals surface area contributed by atoms with E-state index in [0.29, 0.717) is 0 Å². The molecule has 1 aromatic heterocycles. The van der Waals surface area contributed by atoms with Crippen molar-refractivity contribution in [1.29, 1.82) is 0 Å². The van der Waals surface area contributed by atoms with E-state index in [1.165, 1.54) is 16.7 Å². The summed E-state index contributed by atoms with van der Waals surface area (Å²) in [6.07, 6.45) is 11.2. The number of aryl methyl sites for hydroxylation is 1. The van der Waals surface area contributed by atoms with Crippen LogP contribution in [0, 0.1) is 5.92 Å². The molecule has 0 spiro atoms. The Bertz CT molecular complexity index is 1160. The standard InChI is InChI=1S/C31H36N2O3/c1-30(2,17-7-9-23-10-8-18-32-22-23)33-29(34)16-15-26-21-31(26,24-11-5-13-27(19-24)35-3)25-12-6-14-28(20-25)36-4/h5-6,8,10-16,18-20,22,26H,7,9,17,21H2,1-4H3,(H,33,34)/t26-/m1/s1. The number of carbonyl (C=O) groups is 1. The predicted molar refractivity (Wildman–Crippen MR) is 143 cm³/mol. The molecule has 1 fully saturated rings. The van der Waals surface area contributed by atoms with E-state index in [4.69, 9.17) is 9.47 Å². The maximum Gasteiger partial charge on any atom is 0.244 e. The molecule has 1 saturated carbocycles. The van der Waals surface area contributed by atoms with Crippen LogP contribution in [0.5, 0.6) is 11.5 Å². The van der Waals surface area contributed by atoms with Gasteiger partial charge in [0.15, 0.2) is 0 Å². The Balaban J connectivity index is 1.44. The Kier molecular flexibility index (Phi) is 7.78. The number of allylic oxidation sites excluding steroid dienone is 1. The number of carbonyl (C=O) groups excluding carboxylic acids is 1. The van der Waals surface area contributed by atoms with Crippen LogP contribution in [0.25, 0.3) is 0 Å². The number of nitrogens with zero attached hydrogens (tertiary/aromatic N) is 1. The van der Waals surface area contributed by atoms with Crippen LogP contribution in [-0.2, 0) is 16.6 Å². The van der Waals surface area contributed by atoms with Crippen LogP contribution in [0.3, 0.4) is 0 Å². The van der Waals surface area contributed by atoms with Gasteiger partial charge in [-0.15, -0.1) is 0 Å². The number of amides is 1. The smallest absolute Gasteiger partial charge is 0.244 e. The molecule has 1 aliphatic rings. The second kappa shape index (κ2) is 11.0. The summed E-state index contributed by atoms with van der Waals surface area (Å²) in [6.45, 7) is 4.16. The first-order chi connectivity index (χ1) is 17.4. The van der Waals surface area contributed by atoms with Gasteiger partial charge in [-0.05, 0) is 98.5 Å². The Morgan fingerprint density at radius 1 is 1.06 bits per heavy atom. The highest BCUT2D eigenvalue weighted by Crippen LogP contribution is 2.60. The summed E-state index contributed by atoms with van der Waals surface area (Å²) in [6, 6.07) is 20.5. The van der Waals surface area contributed by atoms with Crippen molar-refractivity contribution < 1.29 is 14.3 Å². The second-order valence-electron chi connectivity index (χ2n) is 10.2. The minimum absolute atomic E-state index is 0.0570. The number of rotatable bonds is 11. The fourth-order valence-electron chi connectivity index (χ4n) is 5.07. The summed E-state index contributed by atoms with van der Waals surface area (Å²) in [5, 5.41) is 3.19. The molecule has 1 heterocycles. The van der Waals surface area contributed by atoms with Crippen molar-refractivity contribution in [1.82, 2.24) is 10.3 Å². The highest BCUT2D eigenvalue weighted by Gasteiger charge is 2.55. The molecule has 5 heteroatoms. The van der Waals surface area contributed by atoms with E-state index in [-0.39, 0.29) is 22.8 Å². The van der Waals surface area contributed by atoms with Crippen LogP contribution in [0.15, 0.2) is 85.2 Å². The summed E-state index contributed by atoms with van der Waals surface area (Å²) in [4.78, 5) is 17.0. The molecule has 1 N–H and O–H groups in total. The number of nitrogens with one attached hydrogen (secondary N) is 1. The number of hydrogen-bond donors (Lipinski definition) is 1. The normalized spacial score (nSPS) is 16.5. The first-order valence-corrected chi connectivity index (χ1v) is 12.5. The molecule has 0 unspecified atom stereocenters. The maximum absolute atomic E-state index is 12.9. The molecule has 0 saturated heterocycles. The van der Waals surface area contributed by atoms with Gasteiger partial charge < -0.3 is 14.8 Å². The summed E-state index contributed by atoms with van der Waals surface area (Å²) >= 11 is 0. The fourth-order valence-corrected chi connectivity index (χ4v) is 5.07. The molecular formula is C31H36N2O3. The van der Waals surface area contributed by atoms with Gasteiger partial charge in [0.2, 0.25) is 5.91 Å². The highest BCUT2D eigenvalue weighted by atomic mass is 16.5. The first-order valence-electron chi connectivity index (χ1n) is 12.5. The second-order valence-corrected chi connectivity index (χ2v) is 10.2. The number of ether oxygens (including phenoxy) is 2. The lowest BCUT2D eigenvalue weighted by Crippen LogP contribution is -2.42. The predicted octanol–water partition coefficient (Wildman–Crippen LogP) is 5.88.